The Kier molecular flexibility index (Phi) is 3.43. The maximum atomic E-state index is 9.79. The van der Waals surface area contributed by atoms with E-state index in [-0.39, 0.29) is 6.42 Å². The molecule has 0 unspecified atom stereocenters. The van der Waals surface area contributed by atoms with Gasteiger partial charge in [0.1, 0.15) is 6.10 Å². The van der Waals surface area contributed by atoms with Crippen molar-refractivity contribution in [3.05, 3.63) is 10.4 Å². The van der Waals surface area contributed by atoms with Crippen LogP contribution in [-0.4, -0.2) is 41.5 Å². The Labute approximate surface area is 104 Å². The first kappa shape index (κ1) is 13.1. The molecule has 2 aliphatic heterocycles. The van der Waals surface area contributed by atoms with Crippen molar-refractivity contribution in [3.8, 4) is 6.07 Å². The van der Waals surface area contributed by atoms with E-state index in [1.807, 2.05) is 6.07 Å². The van der Waals surface area contributed by atoms with E-state index in [0.717, 1.165) is 0 Å². The summed E-state index contributed by atoms with van der Waals surface area (Å²) in [6.07, 6.45) is -3.17. The summed E-state index contributed by atoms with van der Waals surface area (Å²) in [6.45, 7) is 3.45. The highest BCUT2D eigenvalue weighted by molar-refractivity contribution is 5.01. The van der Waals surface area contributed by atoms with E-state index in [9.17, 15) is 5.11 Å². The summed E-state index contributed by atoms with van der Waals surface area (Å²) in [7, 11) is 0. The van der Waals surface area contributed by atoms with E-state index in [1.54, 1.807) is 13.8 Å². The fourth-order valence-corrected chi connectivity index (χ4v) is 2.24. The summed E-state index contributed by atoms with van der Waals surface area (Å²) < 4.78 is 16.6. The molecule has 2 aliphatic rings. The molecule has 0 aromatic rings. The summed E-state index contributed by atoms with van der Waals surface area (Å²) in [5.74, 6) is -0.816. The SMILES string of the molecule is CC1(C)O[C@H]2O[C@@H]([C@H](O)CC#N)[C@@H](N=[N+]=[N-])[C@H]2O1. The van der Waals surface area contributed by atoms with Crippen molar-refractivity contribution in [1.29, 1.82) is 5.26 Å². The Morgan fingerprint density at radius 2 is 2.28 bits per heavy atom. The van der Waals surface area contributed by atoms with Crippen LogP contribution in [-0.2, 0) is 14.2 Å². The molecule has 2 heterocycles. The predicted molar refractivity (Wildman–Crippen MR) is 57.9 cm³/mol. The number of nitriles is 1. The van der Waals surface area contributed by atoms with Gasteiger partial charge in [-0.3, -0.25) is 0 Å². The first-order valence-corrected chi connectivity index (χ1v) is 5.59. The van der Waals surface area contributed by atoms with E-state index in [0.29, 0.717) is 0 Å². The van der Waals surface area contributed by atoms with Gasteiger partial charge >= 0.3 is 0 Å². The van der Waals surface area contributed by atoms with Crippen LogP contribution in [0.1, 0.15) is 20.3 Å². The second-order valence-corrected chi connectivity index (χ2v) is 4.69. The van der Waals surface area contributed by atoms with Gasteiger partial charge in [-0.05, 0) is 19.4 Å². The van der Waals surface area contributed by atoms with E-state index < -0.39 is 36.4 Å². The number of fused-ring (bicyclic) bond motifs is 1. The van der Waals surface area contributed by atoms with Gasteiger partial charge in [-0.1, -0.05) is 5.11 Å². The highest BCUT2D eigenvalue weighted by Crippen LogP contribution is 2.40. The average Bonchev–Trinajstić information content (AvgIpc) is 2.73. The smallest absolute Gasteiger partial charge is 0.188 e. The number of aliphatic hydroxyl groups is 1. The van der Waals surface area contributed by atoms with Gasteiger partial charge in [0.2, 0.25) is 0 Å². The van der Waals surface area contributed by atoms with Crippen LogP contribution in [0.25, 0.3) is 10.4 Å². The van der Waals surface area contributed by atoms with Crippen molar-refractivity contribution in [1.82, 2.24) is 0 Å². The molecule has 0 aromatic heterocycles. The zero-order chi connectivity index (χ0) is 13.3. The van der Waals surface area contributed by atoms with Crippen molar-refractivity contribution in [2.45, 2.75) is 56.7 Å². The molecule has 0 spiro atoms. The Bertz CT molecular complexity index is 415. The molecule has 2 saturated heterocycles. The monoisotopic (exact) mass is 254 g/mol. The third kappa shape index (κ3) is 2.27. The lowest BCUT2D eigenvalue weighted by atomic mass is 10.0. The molecule has 2 fully saturated rings. The molecule has 8 nitrogen and oxygen atoms in total. The largest absolute Gasteiger partial charge is 0.389 e. The number of hydrogen-bond acceptors (Lipinski definition) is 6. The lowest BCUT2D eigenvalue weighted by molar-refractivity contribution is -0.215. The van der Waals surface area contributed by atoms with E-state index >= 15 is 0 Å². The van der Waals surface area contributed by atoms with Gasteiger partial charge in [0.15, 0.2) is 12.1 Å². The molecule has 0 amide bonds. The minimum Gasteiger partial charge on any atom is -0.389 e. The predicted octanol–water partition coefficient (Wildman–Crippen LogP) is 0.816. The molecule has 0 radical (unpaired) electrons. The van der Waals surface area contributed by atoms with Crippen molar-refractivity contribution >= 4 is 0 Å². The van der Waals surface area contributed by atoms with E-state index in [1.165, 1.54) is 0 Å². The van der Waals surface area contributed by atoms with Crippen LogP contribution in [0.15, 0.2) is 5.11 Å². The molecule has 0 aromatic carbocycles. The fraction of sp³-hybridized carbons (Fsp3) is 0.900. The van der Waals surface area contributed by atoms with Gasteiger partial charge < -0.3 is 19.3 Å². The second kappa shape index (κ2) is 4.72. The number of nitrogens with zero attached hydrogens (tertiary/aromatic N) is 4. The number of hydrogen-bond donors (Lipinski definition) is 1. The standard InChI is InChI=1S/C10H14N4O4/c1-10(2)17-8-6(13-14-12)7(5(15)3-4-11)16-9(8)18-10/h5-9,15H,3H2,1-2H3/t5-,6-,7+,8-,9-/m1/s1. The van der Waals surface area contributed by atoms with Crippen molar-refractivity contribution in [3.63, 3.8) is 0 Å². The number of ether oxygens (including phenoxy) is 3. The highest BCUT2D eigenvalue weighted by Gasteiger charge is 2.55. The lowest BCUT2D eigenvalue weighted by Gasteiger charge is -2.25. The van der Waals surface area contributed by atoms with Gasteiger partial charge in [-0.15, -0.1) is 0 Å². The molecule has 8 heteroatoms. The Hall–Kier alpha value is -1.36. The third-order valence-corrected chi connectivity index (χ3v) is 2.92. The molecule has 5 atom stereocenters. The Morgan fingerprint density at radius 3 is 2.89 bits per heavy atom. The van der Waals surface area contributed by atoms with E-state index in [2.05, 4.69) is 10.0 Å². The average molecular weight is 254 g/mol. The summed E-state index contributed by atoms with van der Waals surface area (Å²) in [4.78, 5) is 2.73. The maximum Gasteiger partial charge on any atom is 0.188 e. The van der Waals surface area contributed by atoms with Gasteiger partial charge in [0, 0.05) is 4.91 Å². The highest BCUT2D eigenvalue weighted by atomic mass is 16.8. The summed E-state index contributed by atoms with van der Waals surface area (Å²) in [5, 5.41) is 22.0. The molecule has 0 saturated carbocycles. The molecular weight excluding hydrogens is 240 g/mol. The van der Waals surface area contributed by atoms with Crippen LogP contribution in [0, 0.1) is 11.3 Å². The van der Waals surface area contributed by atoms with Crippen LogP contribution in [0.3, 0.4) is 0 Å². The van der Waals surface area contributed by atoms with Crippen LogP contribution in [0.2, 0.25) is 0 Å². The van der Waals surface area contributed by atoms with Gasteiger partial charge in [0.05, 0.1) is 30.7 Å². The molecule has 0 bridgehead atoms. The van der Waals surface area contributed by atoms with E-state index in [4.69, 9.17) is 25.0 Å². The zero-order valence-corrected chi connectivity index (χ0v) is 10.1. The van der Waals surface area contributed by atoms with Crippen molar-refractivity contribution < 1.29 is 19.3 Å². The summed E-state index contributed by atoms with van der Waals surface area (Å²) in [5.41, 5.74) is 8.57. The Morgan fingerprint density at radius 1 is 1.56 bits per heavy atom. The third-order valence-electron chi connectivity index (χ3n) is 2.92. The van der Waals surface area contributed by atoms with Crippen molar-refractivity contribution in [2.75, 3.05) is 0 Å². The topological polar surface area (TPSA) is 120 Å². The van der Waals surface area contributed by atoms with Crippen LogP contribution in [0.4, 0.5) is 0 Å². The zero-order valence-electron chi connectivity index (χ0n) is 10.1. The quantitative estimate of drug-likeness (QED) is 0.454. The lowest BCUT2D eigenvalue weighted by Crippen LogP contribution is -2.39. The number of azide groups is 1. The summed E-state index contributed by atoms with van der Waals surface area (Å²) in [6, 6.07) is 1.14. The molecule has 0 aliphatic carbocycles. The van der Waals surface area contributed by atoms with Crippen molar-refractivity contribution in [2.24, 2.45) is 5.11 Å². The normalized spacial score (nSPS) is 38.6. The molecule has 1 N–H and O–H groups in total. The van der Waals surface area contributed by atoms with Gasteiger partial charge in [0.25, 0.3) is 0 Å². The number of aliphatic hydroxyl groups excluding tert-OH is 1. The Balaban J connectivity index is 2.17. The van der Waals surface area contributed by atoms with Crippen LogP contribution < -0.4 is 0 Å². The van der Waals surface area contributed by atoms with Gasteiger partial charge in [-0.25, -0.2) is 0 Å². The second-order valence-electron chi connectivity index (χ2n) is 4.69. The van der Waals surface area contributed by atoms with Gasteiger partial charge in [-0.2, -0.15) is 5.26 Å². The van der Waals surface area contributed by atoms with Crippen LogP contribution >= 0.6 is 0 Å². The number of rotatable bonds is 3. The molecule has 2 rings (SSSR count). The van der Waals surface area contributed by atoms with Crippen LogP contribution in [0.5, 0.6) is 0 Å². The molecule has 18 heavy (non-hydrogen) atoms. The molecule has 98 valence electrons. The maximum absolute atomic E-state index is 9.79. The molecular formula is C10H14N4O4. The first-order chi connectivity index (χ1) is 8.48. The summed E-state index contributed by atoms with van der Waals surface area (Å²) >= 11 is 0. The minimum atomic E-state index is -1.04. The minimum absolute atomic E-state index is 0.106. The fourth-order valence-electron chi connectivity index (χ4n) is 2.24. The first-order valence-electron chi connectivity index (χ1n) is 5.59.